The lowest BCUT2D eigenvalue weighted by Crippen LogP contribution is -2.42. The summed E-state index contributed by atoms with van der Waals surface area (Å²) in [6.45, 7) is 0.624. The van der Waals surface area contributed by atoms with Crippen LogP contribution in [0.5, 0.6) is 5.75 Å². The number of carbonyl (C=O) groups excluding carboxylic acids is 1. The van der Waals surface area contributed by atoms with Crippen LogP contribution in [0, 0.1) is 0 Å². The van der Waals surface area contributed by atoms with Crippen LogP contribution in [0.25, 0.3) is 0 Å². The lowest BCUT2D eigenvalue weighted by molar-refractivity contribution is -0.122. The molecule has 0 bridgehead atoms. The SMILES string of the molecule is COc1cccc(CCCNC(=O)[C@@H](N)Cc2ccccc2)c1.Cl. The first kappa shape index (κ1) is 20.0. The molecular formula is C19H25ClN2O2. The second-order valence-corrected chi connectivity index (χ2v) is 5.54. The van der Waals surface area contributed by atoms with E-state index in [0.717, 1.165) is 24.2 Å². The Morgan fingerprint density at radius 2 is 1.83 bits per heavy atom. The molecule has 0 aliphatic rings. The zero-order valence-electron chi connectivity index (χ0n) is 13.9. The van der Waals surface area contributed by atoms with Crippen molar-refractivity contribution in [1.29, 1.82) is 0 Å². The molecule has 2 aromatic carbocycles. The van der Waals surface area contributed by atoms with E-state index in [0.29, 0.717) is 13.0 Å². The molecule has 0 saturated heterocycles. The van der Waals surface area contributed by atoms with Crippen molar-refractivity contribution in [3.63, 3.8) is 0 Å². The minimum Gasteiger partial charge on any atom is -0.497 e. The quantitative estimate of drug-likeness (QED) is 0.721. The number of methoxy groups -OCH3 is 1. The molecule has 2 rings (SSSR count). The molecule has 1 atom stereocenters. The molecule has 2 aromatic rings. The zero-order valence-corrected chi connectivity index (χ0v) is 14.7. The van der Waals surface area contributed by atoms with Crippen molar-refractivity contribution in [2.45, 2.75) is 25.3 Å². The summed E-state index contributed by atoms with van der Waals surface area (Å²) in [6, 6.07) is 17.3. The second kappa shape index (κ2) is 10.7. The number of amides is 1. The Morgan fingerprint density at radius 3 is 2.54 bits per heavy atom. The number of ether oxygens (including phenoxy) is 1. The molecule has 1 amide bonds. The van der Waals surface area contributed by atoms with Crippen molar-refractivity contribution in [2.75, 3.05) is 13.7 Å². The van der Waals surface area contributed by atoms with E-state index in [-0.39, 0.29) is 18.3 Å². The Balaban J connectivity index is 0.00000288. The molecule has 0 aromatic heterocycles. The summed E-state index contributed by atoms with van der Waals surface area (Å²) in [5.74, 6) is 0.760. The Kier molecular flexibility index (Phi) is 8.90. The van der Waals surface area contributed by atoms with E-state index in [1.165, 1.54) is 5.56 Å². The fourth-order valence-corrected chi connectivity index (χ4v) is 2.42. The van der Waals surface area contributed by atoms with Crippen molar-refractivity contribution in [1.82, 2.24) is 5.32 Å². The van der Waals surface area contributed by atoms with Gasteiger partial charge in [-0.05, 0) is 42.5 Å². The van der Waals surface area contributed by atoms with Gasteiger partial charge in [0.05, 0.1) is 13.2 Å². The molecule has 130 valence electrons. The molecule has 0 radical (unpaired) electrons. The highest BCUT2D eigenvalue weighted by Gasteiger charge is 2.13. The van der Waals surface area contributed by atoms with Gasteiger partial charge in [-0.15, -0.1) is 12.4 Å². The van der Waals surface area contributed by atoms with Gasteiger partial charge >= 0.3 is 0 Å². The maximum atomic E-state index is 12.0. The number of rotatable bonds is 8. The average Bonchev–Trinajstić information content (AvgIpc) is 2.59. The molecule has 24 heavy (non-hydrogen) atoms. The number of nitrogens with two attached hydrogens (primary N) is 1. The van der Waals surface area contributed by atoms with Crippen molar-refractivity contribution in [2.24, 2.45) is 5.73 Å². The fourth-order valence-electron chi connectivity index (χ4n) is 2.42. The monoisotopic (exact) mass is 348 g/mol. The molecule has 5 heteroatoms. The van der Waals surface area contributed by atoms with Crippen molar-refractivity contribution >= 4 is 18.3 Å². The molecule has 4 nitrogen and oxygen atoms in total. The third kappa shape index (κ3) is 6.60. The predicted molar refractivity (Wildman–Crippen MR) is 99.7 cm³/mol. The minimum atomic E-state index is -0.505. The number of aryl methyl sites for hydroxylation is 1. The van der Waals surface area contributed by atoms with Gasteiger partial charge in [0, 0.05) is 6.54 Å². The van der Waals surface area contributed by atoms with Gasteiger partial charge in [-0.2, -0.15) is 0 Å². The normalized spacial score (nSPS) is 11.2. The van der Waals surface area contributed by atoms with E-state index in [1.807, 2.05) is 48.5 Å². The number of benzene rings is 2. The summed E-state index contributed by atoms with van der Waals surface area (Å²) < 4.78 is 5.20. The minimum absolute atomic E-state index is 0. The van der Waals surface area contributed by atoms with Crippen LogP contribution in [-0.2, 0) is 17.6 Å². The molecule has 0 spiro atoms. The zero-order chi connectivity index (χ0) is 16.5. The van der Waals surface area contributed by atoms with Crippen LogP contribution in [-0.4, -0.2) is 25.6 Å². The largest absolute Gasteiger partial charge is 0.497 e. The van der Waals surface area contributed by atoms with Gasteiger partial charge in [-0.25, -0.2) is 0 Å². The van der Waals surface area contributed by atoms with Crippen molar-refractivity contribution in [3.05, 3.63) is 65.7 Å². The highest BCUT2D eigenvalue weighted by atomic mass is 35.5. The average molecular weight is 349 g/mol. The molecule has 0 heterocycles. The van der Waals surface area contributed by atoms with Gasteiger partial charge in [-0.3, -0.25) is 4.79 Å². The highest BCUT2D eigenvalue weighted by Crippen LogP contribution is 2.13. The van der Waals surface area contributed by atoms with Crippen LogP contribution in [0.1, 0.15) is 17.5 Å². The molecule has 0 unspecified atom stereocenters. The van der Waals surface area contributed by atoms with E-state index in [1.54, 1.807) is 7.11 Å². The summed E-state index contributed by atoms with van der Waals surface area (Å²) in [5.41, 5.74) is 8.23. The summed E-state index contributed by atoms with van der Waals surface area (Å²) in [7, 11) is 1.66. The van der Waals surface area contributed by atoms with Crippen LogP contribution in [0.15, 0.2) is 54.6 Å². The van der Waals surface area contributed by atoms with Crippen molar-refractivity contribution < 1.29 is 9.53 Å². The standard InChI is InChI=1S/C19H24N2O2.ClH/c1-23-17-11-5-9-15(13-17)10-6-12-21-19(22)18(20)14-16-7-3-2-4-8-16;/h2-5,7-9,11,13,18H,6,10,12,14,20H2,1H3,(H,21,22);1H/t18-;/m0./s1. The third-order valence-corrected chi connectivity index (χ3v) is 3.71. The Morgan fingerprint density at radius 1 is 1.12 bits per heavy atom. The smallest absolute Gasteiger partial charge is 0.237 e. The van der Waals surface area contributed by atoms with Gasteiger partial charge in [-0.1, -0.05) is 42.5 Å². The van der Waals surface area contributed by atoms with Crippen molar-refractivity contribution in [3.8, 4) is 5.75 Å². The molecule has 3 N–H and O–H groups in total. The Labute approximate surface area is 149 Å². The second-order valence-electron chi connectivity index (χ2n) is 5.54. The Hall–Kier alpha value is -2.04. The molecule has 0 aliphatic carbocycles. The summed E-state index contributed by atoms with van der Waals surface area (Å²) in [5, 5.41) is 2.91. The molecule has 0 saturated carbocycles. The van der Waals surface area contributed by atoms with Gasteiger partial charge in [0.25, 0.3) is 0 Å². The van der Waals surface area contributed by atoms with Crippen LogP contribution in [0.3, 0.4) is 0 Å². The topological polar surface area (TPSA) is 64.3 Å². The predicted octanol–water partition coefficient (Wildman–Crippen LogP) is 2.74. The summed E-state index contributed by atoms with van der Waals surface area (Å²) >= 11 is 0. The van der Waals surface area contributed by atoms with Crippen LogP contribution >= 0.6 is 12.4 Å². The fraction of sp³-hybridized carbons (Fsp3) is 0.316. The van der Waals surface area contributed by atoms with Gasteiger partial charge in [0.1, 0.15) is 5.75 Å². The number of halogens is 1. The van der Waals surface area contributed by atoms with E-state index in [2.05, 4.69) is 11.4 Å². The Bertz CT molecular complexity index is 620. The molecular weight excluding hydrogens is 324 g/mol. The van der Waals surface area contributed by atoms with Gasteiger partial charge in [0.2, 0.25) is 5.91 Å². The lowest BCUT2D eigenvalue weighted by Gasteiger charge is -2.12. The maximum absolute atomic E-state index is 12.0. The summed E-state index contributed by atoms with van der Waals surface area (Å²) in [6.07, 6.45) is 2.32. The van der Waals surface area contributed by atoms with E-state index in [4.69, 9.17) is 10.5 Å². The lowest BCUT2D eigenvalue weighted by atomic mass is 10.1. The van der Waals surface area contributed by atoms with Gasteiger partial charge in [0.15, 0.2) is 0 Å². The van der Waals surface area contributed by atoms with E-state index in [9.17, 15) is 4.79 Å². The first-order valence-electron chi connectivity index (χ1n) is 7.89. The van der Waals surface area contributed by atoms with Crippen LogP contribution in [0.2, 0.25) is 0 Å². The number of hydrogen-bond acceptors (Lipinski definition) is 3. The first-order chi connectivity index (χ1) is 11.2. The van der Waals surface area contributed by atoms with E-state index >= 15 is 0 Å². The first-order valence-corrected chi connectivity index (χ1v) is 7.89. The maximum Gasteiger partial charge on any atom is 0.237 e. The third-order valence-electron chi connectivity index (χ3n) is 3.71. The van der Waals surface area contributed by atoms with Crippen LogP contribution in [0.4, 0.5) is 0 Å². The van der Waals surface area contributed by atoms with E-state index < -0.39 is 6.04 Å². The van der Waals surface area contributed by atoms with Crippen LogP contribution < -0.4 is 15.8 Å². The number of nitrogens with one attached hydrogen (secondary N) is 1. The highest BCUT2D eigenvalue weighted by molar-refractivity contribution is 5.85. The molecule has 0 fully saturated rings. The number of hydrogen-bond donors (Lipinski definition) is 2. The number of carbonyl (C=O) groups is 1. The molecule has 0 aliphatic heterocycles. The van der Waals surface area contributed by atoms with Gasteiger partial charge < -0.3 is 15.8 Å². The summed E-state index contributed by atoms with van der Waals surface area (Å²) in [4.78, 5) is 12.0.